The Labute approximate surface area is 177 Å². The molecule has 0 saturated heterocycles. The van der Waals surface area contributed by atoms with Gasteiger partial charge in [-0.25, -0.2) is 4.79 Å². The molecule has 0 bridgehead atoms. The van der Waals surface area contributed by atoms with Crippen molar-refractivity contribution < 1.29 is 19.1 Å². The second-order valence-corrected chi connectivity index (χ2v) is 7.22. The van der Waals surface area contributed by atoms with Gasteiger partial charge in [0, 0.05) is 10.0 Å². The normalized spacial score (nSPS) is 11.4. The van der Waals surface area contributed by atoms with Gasteiger partial charge in [0.2, 0.25) is 6.10 Å². The second-order valence-electron chi connectivity index (χ2n) is 6.37. The predicted octanol–water partition coefficient (Wildman–Crippen LogP) is 5.30. The molecule has 1 amide bonds. The molecule has 3 rings (SSSR count). The highest BCUT2D eigenvalue weighted by Crippen LogP contribution is 2.28. The summed E-state index contributed by atoms with van der Waals surface area (Å²) < 4.78 is 11.5. The van der Waals surface area contributed by atoms with Crippen molar-refractivity contribution in [2.75, 3.05) is 12.4 Å². The van der Waals surface area contributed by atoms with E-state index in [1.165, 1.54) is 7.11 Å². The third-order valence-corrected chi connectivity index (χ3v) is 4.96. The maximum absolute atomic E-state index is 13.1. The summed E-state index contributed by atoms with van der Waals surface area (Å²) in [5, 5.41) is 2.82. The van der Waals surface area contributed by atoms with Gasteiger partial charge in [-0.15, -0.1) is 0 Å². The van der Waals surface area contributed by atoms with Crippen molar-refractivity contribution in [1.29, 1.82) is 0 Å². The number of nitrogens with one attached hydrogen (secondary N) is 1. The number of anilines is 1. The van der Waals surface area contributed by atoms with Gasteiger partial charge in [-0.2, -0.15) is 0 Å². The van der Waals surface area contributed by atoms with Crippen molar-refractivity contribution in [3.63, 3.8) is 0 Å². The van der Waals surface area contributed by atoms with Crippen molar-refractivity contribution >= 4 is 33.5 Å². The highest BCUT2D eigenvalue weighted by atomic mass is 79.9. The minimum Gasteiger partial charge on any atom is -0.495 e. The van der Waals surface area contributed by atoms with E-state index in [4.69, 9.17) is 9.47 Å². The number of rotatable bonds is 6. The Balaban J connectivity index is 1.90. The van der Waals surface area contributed by atoms with E-state index in [9.17, 15) is 9.59 Å². The lowest BCUT2D eigenvalue weighted by atomic mass is 10.1. The number of hydrogen-bond donors (Lipinski definition) is 1. The molecule has 3 aromatic carbocycles. The minimum atomic E-state index is -1.12. The lowest BCUT2D eigenvalue weighted by molar-refractivity contribution is -0.125. The van der Waals surface area contributed by atoms with Crippen LogP contribution in [-0.2, 0) is 9.53 Å². The zero-order valence-corrected chi connectivity index (χ0v) is 17.6. The van der Waals surface area contributed by atoms with Crippen LogP contribution in [0.15, 0.2) is 77.3 Å². The molecule has 0 aromatic heterocycles. The van der Waals surface area contributed by atoms with E-state index < -0.39 is 18.0 Å². The molecule has 0 unspecified atom stereocenters. The van der Waals surface area contributed by atoms with Crippen LogP contribution in [0, 0.1) is 6.92 Å². The monoisotopic (exact) mass is 453 g/mol. The predicted molar refractivity (Wildman–Crippen MR) is 115 cm³/mol. The second kappa shape index (κ2) is 9.39. The number of ether oxygens (including phenoxy) is 2. The number of carbonyl (C=O) groups excluding carboxylic acids is 2. The first-order valence-corrected chi connectivity index (χ1v) is 9.75. The zero-order chi connectivity index (χ0) is 20.8. The minimum absolute atomic E-state index is 0.342. The smallest absolute Gasteiger partial charge is 0.340 e. The molecule has 0 spiro atoms. The van der Waals surface area contributed by atoms with Gasteiger partial charge in [0.1, 0.15) is 5.75 Å². The largest absolute Gasteiger partial charge is 0.495 e. The molecule has 1 N–H and O–H groups in total. The molecule has 0 fully saturated rings. The van der Waals surface area contributed by atoms with Crippen molar-refractivity contribution in [1.82, 2.24) is 0 Å². The van der Waals surface area contributed by atoms with Crippen LogP contribution in [0.2, 0.25) is 0 Å². The van der Waals surface area contributed by atoms with E-state index in [0.717, 1.165) is 5.56 Å². The molecule has 0 saturated carbocycles. The summed E-state index contributed by atoms with van der Waals surface area (Å²) in [5.74, 6) is -0.550. The number of halogens is 1. The molecule has 0 aliphatic carbocycles. The lowest BCUT2D eigenvalue weighted by Gasteiger charge is -2.19. The molecule has 0 aliphatic heterocycles. The fourth-order valence-electron chi connectivity index (χ4n) is 2.82. The Morgan fingerprint density at radius 1 is 0.966 bits per heavy atom. The summed E-state index contributed by atoms with van der Waals surface area (Å²) in [4.78, 5) is 25.8. The summed E-state index contributed by atoms with van der Waals surface area (Å²) in [7, 11) is 1.53. The van der Waals surface area contributed by atoms with Crippen LogP contribution in [0.5, 0.6) is 5.75 Å². The van der Waals surface area contributed by atoms with E-state index in [2.05, 4.69) is 21.2 Å². The highest BCUT2D eigenvalue weighted by Gasteiger charge is 2.27. The molecule has 148 valence electrons. The van der Waals surface area contributed by atoms with E-state index in [-0.39, 0.29) is 0 Å². The highest BCUT2D eigenvalue weighted by molar-refractivity contribution is 9.10. The van der Waals surface area contributed by atoms with Crippen molar-refractivity contribution in [3.8, 4) is 5.75 Å². The van der Waals surface area contributed by atoms with E-state index in [0.29, 0.717) is 27.0 Å². The zero-order valence-electron chi connectivity index (χ0n) is 16.0. The number of aryl methyl sites for hydroxylation is 1. The molecular weight excluding hydrogens is 434 g/mol. The molecule has 0 radical (unpaired) electrons. The van der Waals surface area contributed by atoms with Crippen LogP contribution >= 0.6 is 15.9 Å². The van der Waals surface area contributed by atoms with Crippen molar-refractivity contribution in [2.45, 2.75) is 13.0 Å². The van der Waals surface area contributed by atoms with Gasteiger partial charge in [0.05, 0.1) is 18.4 Å². The summed E-state index contributed by atoms with van der Waals surface area (Å²) >= 11 is 3.34. The van der Waals surface area contributed by atoms with Gasteiger partial charge in [0.25, 0.3) is 5.91 Å². The number of benzene rings is 3. The molecule has 0 aliphatic rings. The third kappa shape index (κ3) is 5.03. The van der Waals surface area contributed by atoms with Crippen LogP contribution in [0.1, 0.15) is 27.6 Å². The third-order valence-electron chi connectivity index (χ3n) is 4.27. The maximum atomic E-state index is 13.1. The Morgan fingerprint density at radius 3 is 2.34 bits per heavy atom. The van der Waals surface area contributed by atoms with Crippen LogP contribution in [0.4, 0.5) is 5.69 Å². The molecular formula is C23H20BrNO4. The quantitative estimate of drug-likeness (QED) is 0.514. The summed E-state index contributed by atoms with van der Waals surface area (Å²) in [6.45, 7) is 1.91. The van der Waals surface area contributed by atoms with Crippen molar-refractivity contribution in [3.05, 3.63) is 94.0 Å². The van der Waals surface area contributed by atoms with Crippen LogP contribution < -0.4 is 10.1 Å². The standard InChI is InChI=1S/C23H20BrNO4/c1-15-12-13-20(28-2)19(14-15)25-22(26)21(16-8-4-3-5-9-16)29-23(27)17-10-6-7-11-18(17)24/h3-14,21H,1-2H3,(H,25,26)/t21-/m0/s1. The molecule has 5 nitrogen and oxygen atoms in total. The Bertz CT molecular complexity index is 1020. The van der Waals surface area contributed by atoms with Gasteiger partial charge in [-0.05, 0) is 52.7 Å². The number of amides is 1. The first-order valence-electron chi connectivity index (χ1n) is 8.95. The molecule has 1 atom stereocenters. The summed E-state index contributed by atoms with van der Waals surface area (Å²) in [5.41, 5.74) is 2.38. The molecule has 29 heavy (non-hydrogen) atoms. The van der Waals surface area contributed by atoms with Crippen LogP contribution in [0.3, 0.4) is 0 Å². The average molecular weight is 454 g/mol. The Hall–Kier alpha value is -3.12. The molecule has 3 aromatic rings. The lowest BCUT2D eigenvalue weighted by Crippen LogP contribution is -2.26. The van der Waals surface area contributed by atoms with Crippen LogP contribution in [-0.4, -0.2) is 19.0 Å². The Kier molecular flexibility index (Phi) is 6.67. The van der Waals surface area contributed by atoms with Crippen LogP contribution in [0.25, 0.3) is 0 Å². The number of esters is 1. The maximum Gasteiger partial charge on any atom is 0.340 e. The van der Waals surface area contributed by atoms with E-state index >= 15 is 0 Å². The summed E-state index contributed by atoms with van der Waals surface area (Å²) in [6.07, 6.45) is -1.12. The first kappa shape index (κ1) is 20.6. The average Bonchev–Trinajstić information content (AvgIpc) is 2.73. The van der Waals surface area contributed by atoms with Gasteiger partial charge in [-0.3, -0.25) is 4.79 Å². The molecule has 6 heteroatoms. The fraction of sp³-hybridized carbons (Fsp3) is 0.130. The SMILES string of the molecule is COc1ccc(C)cc1NC(=O)[C@@H](OC(=O)c1ccccc1Br)c1ccccc1. The number of hydrogen-bond acceptors (Lipinski definition) is 4. The van der Waals surface area contributed by atoms with Gasteiger partial charge < -0.3 is 14.8 Å². The topological polar surface area (TPSA) is 64.6 Å². The van der Waals surface area contributed by atoms with E-state index in [1.54, 1.807) is 60.7 Å². The van der Waals surface area contributed by atoms with Gasteiger partial charge >= 0.3 is 5.97 Å². The number of methoxy groups -OCH3 is 1. The fourth-order valence-corrected chi connectivity index (χ4v) is 3.26. The first-order chi connectivity index (χ1) is 14.0. The summed E-state index contributed by atoms with van der Waals surface area (Å²) in [6, 6.07) is 21.3. The van der Waals surface area contributed by atoms with E-state index in [1.807, 2.05) is 19.1 Å². The van der Waals surface area contributed by atoms with Gasteiger partial charge in [-0.1, -0.05) is 48.5 Å². The number of carbonyl (C=O) groups is 2. The van der Waals surface area contributed by atoms with Crippen molar-refractivity contribution in [2.24, 2.45) is 0 Å². The Morgan fingerprint density at radius 2 is 1.66 bits per heavy atom. The molecule has 0 heterocycles. The van der Waals surface area contributed by atoms with Gasteiger partial charge in [0.15, 0.2) is 0 Å².